The zero-order chi connectivity index (χ0) is 5.54. The lowest BCUT2D eigenvalue weighted by Gasteiger charge is -1.91. The van der Waals surface area contributed by atoms with Crippen molar-refractivity contribution in [2.75, 3.05) is 17.5 Å². The maximum atomic E-state index is 4.16. The van der Waals surface area contributed by atoms with Crippen LogP contribution < -0.4 is 5.32 Å². The fourth-order valence-corrected chi connectivity index (χ4v) is 0.671. The predicted molar refractivity (Wildman–Crippen MR) is 41.0 cm³/mol. The first-order valence-corrected chi connectivity index (χ1v) is 4.13. The lowest BCUT2D eigenvalue weighted by molar-refractivity contribution is 0.696. The zero-order valence-corrected chi connectivity index (χ0v) is 6.81. The molecule has 0 aromatic carbocycles. The van der Waals surface area contributed by atoms with Crippen molar-refractivity contribution < 1.29 is 0 Å². The second-order valence-electron chi connectivity index (χ2n) is 1.31. The van der Waals surface area contributed by atoms with Gasteiger partial charge in [0.05, 0.1) is 0 Å². The van der Waals surface area contributed by atoms with Crippen molar-refractivity contribution in [3.8, 4) is 0 Å². The van der Waals surface area contributed by atoms with Gasteiger partial charge in [0.1, 0.15) is 0 Å². The molecule has 0 aliphatic rings. The number of rotatable bonds is 4. The molecule has 0 saturated heterocycles. The van der Waals surface area contributed by atoms with Crippen LogP contribution in [0.15, 0.2) is 0 Å². The smallest absolute Gasteiger partial charge is 0.0140 e. The molecule has 1 nitrogen and oxygen atoms in total. The Morgan fingerprint density at radius 2 is 2.29 bits per heavy atom. The normalized spacial score (nSPS) is 9.43. The van der Waals surface area contributed by atoms with E-state index in [1.165, 1.54) is 10.8 Å². The monoisotopic (exact) mass is 212 g/mol. The molecule has 0 rings (SSSR count). The third kappa shape index (κ3) is 6.69. The van der Waals surface area contributed by atoms with Crippen LogP contribution in [0, 0.1) is 0 Å². The number of nitrogens with zero attached hydrogens (tertiary/aromatic N) is 1. The Bertz CT molecular complexity index is 27.3. The van der Waals surface area contributed by atoms with Crippen LogP contribution >= 0.6 is 22.6 Å². The van der Waals surface area contributed by atoms with E-state index in [1.54, 1.807) is 0 Å². The lowest BCUT2D eigenvalue weighted by Crippen LogP contribution is -2.04. The SMILES string of the molecule is CC[N]CCCI. The van der Waals surface area contributed by atoms with Gasteiger partial charge in [0, 0.05) is 17.5 Å². The highest BCUT2D eigenvalue weighted by Crippen LogP contribution is 1.84. The topological polar surface area (TPSA) is 14.1 Å². The summed E-state index contributed by atoms with van der Waals surface area (Å²) in [7, 11) is 0. The summed E-state index contributed by atoms with van der Waals surface area (Å²) in [5.74, 6) is 0. The van der Waals surface area contributed by atoms with Crippen molar-refractivity contribution in [3.05, 3.63) is 0 Å². The summed E-state index contributed by atoms with van der Waals surface area (Å²) in [5, 5.41) is 4.16. The van der Waals surface area contributed by atoms with E-state index in [-0.39, 0.29) is 0 Å². The van der Waals surface area contributed by atoms with Crippen molar-refractivity contribution in [2.24, 2.45) is 0 Å². The summed E-state index contributed by atoms with van der Waals surface area (Å²) in [6, 6.07) is 0. The van der Waals surface area contributed by atoms with Crippen molar-refractivity contribution in [1.82, 2.24) is 5.32 Å². The van der Waals surface area contributed by atoms with Gasteiger partial charge >= 0.3 is 0 Å². The number of hydrogen-bond donors (Lipinski definition) is 0. The minimum Gasteiger partial charge on any atom is -0.242 e. The van der Waals surface area contributed by atoms with Gasteiger partial charge in [0.15, 0.2) is 0 Å². The minimum absolute atomic E-state index is 0.983. The highest BCUT2D eigenvalue weighted by Gasteiger charge is 1.80. The maximum Gasteiger partial charge on any atom is 0.0140 e. The summed E-state index contributed by atoms with van der Waals surface area (Å²) in [6.07, 6.45) is 1.24. The molecule has 0 saturated carbocycles. The molecular formula is C5H11IN. The van der Waals surface area contributed by atoms with Gasteiger partial charge in [-0.3, -0.25) is 0 Å². The summed E-state index contributed by atoms with van der Waals surface area (Å²) in [5.41, 5.74) is 0. The maximum absolute atomic E-state index is 4.16. The molecule has 2 heteroatoms. The molecule has 43 valence electrons. The van der Waals surface area contributed by atoms with Crippen LogP contribution in [0.25, 0.3) is 0 Å². The zero-order valence-electron chi connectivity index (χ0n) is 4.65. The van der Waals surface area contributed by atoms with E-state index in [0.29, 0.717) is 0 Å². The standard InChI is InChI=1S/C5H11IN/c1-2-7-5-3-4-6/h2-5H2,1H3. The van der Waals surface area contributed by atoms with E-state index in [2.05, 4.69) is 34.8 Å². The fraction of sp³-hybridized carbons (Fsp3) is 1.00. The number of halogens is 1. The molecule has 0 spiro atoms. The molecule has 0 aliphatic carbocycles. The van der Waals surface area contributed by atoms with Gasteiger partial charge in [-0.1, -0.05) is 29.5 Å². The van der Waals surface area contributed by atoms with E-state index in [0.717, 1.165) is 13.1 Å². The van der Waals surface area contributed by atoms with Crippen molar-refractivity contribution in [3.63, 3.8) is 0 Å². The molecule has 7 heavy (non-hydrogen) atoms. The molecule has 0 atom stereocenters. The first-order valence-electron chi connectivity index (χ1n) is 2.61. The summed E-state index contributed by atoms with van der Waals surface area (Å²) < 4.78 is 1.24. The number of alkyl halides is 1. The lowest BCUT2D eigenvalue weighted by atomic mass is 10.5. The Morgan fingerprint density at radius 1 is 1.57 bits per heavy atom. The molecular weight excluding hydrogens is 201 g/mol. The molecule has 0 heterocycles. The van der Waals surface area contributed by atoms with Gasteiger partial charge < -0.3 is 0 Å². The van der Waals surface area contributed by atoms with Crippen LogP contribution in [0.3, 0.4) is 0 Å². The van der Waals surface area contributed by atoms with Crippen molar-refractivity contribution in [1.29, 1.82) is 0 Å². The molecule has 1 radical (unpaired) electrons. The molecule has 0 N–H and O–H groups in total. The van der Waals surface area contributed by atoms with Gasteiger partial charge in [-0.2, -0.15) is 0 Å². The van der Waals surface area contributed by atoms with Crippen molar-refractivity contribution in [2.45, 2.75) is 13.3 Å². The van der Waals surface area contributed by atoms with Crippen LogP contribution in [0.1, 0.15) is 13.3 Å². The second-order valence-corrected chi connectivity index (χ2v) is 2.38. The molecule has 0 unspecified atom stereocenters. The second kappa shape index (κ2) is 6.69. The average Bonchev–Trinajstić information content (AvgIpc) is 1.69. The average molecular weight is 212 g/mol. The largest absolute Gasteiger partial charge is 0.242 e. The minimum atomic E-state index is 0.983. The van der Waals surface area contributed by atoms with Gasteiger partial charge in [-0.15, -0.1) is 0 Å². The highest BCUT2D eigenvalue weighted by molar-refractivity contribution is 14.1. The van der Waals surface area contributed by atoms with Gasteiger partial charge in [-0.05, 0) is 6.42 Å². The quantitative estimate of drug-likeness (QED) is 0.380. The Balaban J connectivity index is 2.45. The van der Waals surface area contributed by atoms with E-state index in [9.17, 15) is 0 Å². The first kappa shape index (κ1) is 7.69. The van der Waals surface area contributed by atoms with Crippen LogP contribution in [-0.4, -0.2) is 17.5 Å². The van der Waals surface area contributed by atoms with Crippen LogP contribution in [0.2, 0.25) is 0 Å². The molecule has 0 bridgehead atoms. The van der Waals surface area contributed by atoms with E-state index in [4.69, 9.17) is 0 Å². The Kier molecular flexibility index (Phi) is 7.35. The molecule has 0 amide bonds. The van der Waals surface area contributed by atoms with Gasteiger partial charge in [0.25, 0.3) is 0 Å². The molecule has 0 aromatic rings. The van der Waals surface area contributed by atoms with Crippen LogP contribution in [-0.2, 0) is 0 Å². The summed E-state index contributed by atoms with van der Waals surface area (Å²) in [6.45, 7) is 4.11. The van der Waals surface area contributed by atoms with Crippen LogP contribution in [0.5, 0.6) is 0 Å². The van der Waals surface area contributed by atoms with Crippen molar-refractivity contribution >= 4 is 22.6 Å². The predicted octanol–water partition coefficient (Wildman–Crippen LogP) is 1.44. The number of hydrogen-bond acceptors (Lipinski definition) is 0. The highest BCUT2D eigenvalue weighted by atomic mass is 127. The van der Waals surface area contributed by atoms with E-state index < -0.39 is 0 Å². The molecule has 0 aromatic heterocycles. The van der Waals surface area contributed by atoms with Crippen LogP contribution in [0.4, 0.5) is 0 Å². The van der Waals surface area contributed by atoms with Gasteiger partial charge in [-0.25, -0.2) is 5.32 Å². The van der Waals surface area contributed by atoms with E-state index in [1.807, 2.05) is 0 Å². The third-order valence-corrected chi connectivity index (χ3v) is 1.44. The Labute approximate surface area is 59.0 Å². The Morgan fingerprint density at radius 3 is 2.71 bits per heavy atom. The molecule has 0 aliphatic heterocycles. The summed E-state index contributed by atoms with van der Waals surface area (Å²) in [4.78, 5) is 0. The Hall–Kier alpha value is 0.690. The first-order chi connectivity index (χ1) is 3.41. The van der Waals surface area contributed by atoms with E-state index >= 15 is 0 Å². The molecule has 0 fully saturated rings. The third-order valence-electron chi connectivity index (χ3n) is 0.673. The fourth-order valence-electron chi connectivity index (χ4n) is 0.330. The summed E-state index contributed by atoms with van der Waals surface area (Å²) >= 11 is 2.37. The van der Waals surface area contributed by atoms with Gasteiger partial charge in [0.2, 0.25) is 0 Å².